The summed E-state index contributed by atoms with van der Waals surface area (Å²) in [4.78, 5) is 14.0. The van der Waals surface area contributed by atoms with Gasteiger partial charge in [-0.05, 0) is 79.2 Å². The summed E-state index contributed by atoms with van der Waals surface area (Å²) >= 11 is 2.25. The van der Waals surface area contributed by atoms with Crippen LogP contribution in [0.2, 0.25) is 0 Å². The number of amides is 1. The number of benzene rings is 1. The van der Waals surface area contributed by atoms with Crippen LogP contribution in [0, 0.1) is 9.49 Å². The zero-order valence-corrected chi connectivity index (χ0v) is 15.2. The Kier molecular flexibility index (Phi) is 8.36. The molecule has 1 aliphatic heterocycles. The Hall–Kier alpha value is -0.530. The highest BCUT2D eigenvalue weighted by molar-refractivity contribution is 14.1. The molecule has 1 N–H and O–H groups in total. The van der Waals surface area contributed by atoms with Gasteiger partial charge in [0.15, 0.2) is 6.61 Å². The van der Waals surface area contributed by atoms with Crippen LogP contribution in [0.1, 0.15) is 12.8 Å². The molecular formula is C15H22ClIN2O2. The molecule has 1 saturated heterocycles. The van der Waals surface area contributed by atoms with Gasteiger partial charge in [0.1, 0.15) is 5.75 Å². The fraction of sp³-hybridized carbons (Fsp3) is 0.533. The van der Waals surface area contributed by atoms with E-state index in [0.29, 0.717) is 5.92 Å². The third kappa shape index (κ3) is 6.00. The van der Waals surface area contributed by atoms with E-state index in [1.54, 1.807) is 0 Å². The molecule has 1 aromatic carbocycles. The zero-order valence-electron chi connectivity index (χ0n) is 12.2. The Morgan fingerprint density at radius 3 is 2.52 bits per heavy atom. The van der Waals surface area contributed by atoms with Crippen molar-refractivity contribution in [1.29, 1.82) is 0 Å². The summed E-state index contributed by atoms with van der Waals surface area (Å²) in [6.07, 6.45) is 2.16. The van der Waals surface area contributed by atoms with E-state index < -0.39 is 0 Å². The van der Waals surface area contributed by atoms with Gasteiger partial charge in [-0.25, -0.2) is 0 Å². The Balaban J connectivity index is 0.00000220. The number of rotatable bonds is 5. The van der Waals surface area contributed by atoms with E-state index in [1.165, 1.54) is 0 Å². The van der Waals surface area contributed by atoms with Gasteiger partial charge in [0.05, 0.1) is 0 Å². The predicted octanol–water partition coefficient (Wildman–Crippen LogP) is 2.55. The molecule has 0 saturated carbocycles. The van der Waals surface area contributed by atoms with Gasteiger partial charge in [0.2, 0.25) is 0 Å². The lowest BCUT2D eigenvalue weighted by atomic mass is 9.97. The fourth-order valence-corrected chi connectivity index (χ4v) is 2.80. The summed E-state index contributed by atoms with van der Waals surface area (Å²) in [5.74, 6) is 1.54. The standard InChI is InChI=1S/C15H21IN2O2.ClH/c1-17-10-12-6-8-18(9-7-12)15(19)11-20-14-4-2-13(16)3-5-14;/h2-5,12,17H,6-11H2,1H3;1H. The number of nitrogens with one attached hydrogen (secondary N) is 1. The summed E-state index contributed by atoms with van der Waals surface area (Å²) in [6.45, 7) is 2.88. The zero-order chi connectivity index (χ0) is 14.4. The lowest BCUT2D eigenvalue weighted by Gasteiger charge is -2.31. The van der Waals surface area contributed by atoms with Crippen LogP contribution in [0.5, 0.6) is 5.75 Å². The third-order valence-corrected chi connectivity index (χ3v) is 4.36. The van der Waals surface area contributed by atoms with Gasteiger partial charge in [-0.15, -0.1) is 12.4 Å². The van der Waals surface area contributed by atoms with Gasteiger partial charge >= 0.3 is 0 Å². The van der Waals surface area contributed by atoms with Crippen molar-refractivity contribution in [3.05, 3.63) is 27.8 Å². The van der Waals surface area contributed by atoms with E-state index in [2.05, 4.69) is 27.9 Å². The summed E-state index contributed by atoms with van der Waals surface area (Å²) in [7, 11) is 1.98. The second-order valence-corrected chi connectivity index (χ2v) is 6.37. The van der Waals surface area contributed by atoms with Gasteiger partial charge in [0, 0.05) is 16.7 Å². The largest absolute Gasteiger partial charge is 0.484 e. The third-order valence-electron chi connectivity index (χ3n) is 3.64. The quantitative estimate of drug-likeness (QED) is 0.739. The SMILES string of the molecule is CNCC1CCN(C(=O)COc2ccc(I)cc2)CC1.Cl. The van der Waals surface area contributed by atoms with Crippen molar-refractivity contribution in [3.8, 4) is 5.75 Å². The Bertz CT molecular complexity index is 434. The predicted molar refractivity (Wildman–Crippen MR) is 95.1 cm³/mol. The second kappa shape index (κ2) is 9.48. The molecule has 2 rings (SSSR count). The van der Waals surface area contributed by atoms with Crippen LogP contribution in [-0.4, -0.2) is 44.1 Å². The molecule has 1 fully saturated rings. The highest BCUT2D eigenvalue weighted by Crippen LogP contribution is 2.17. The summed E-state index contributed by atoms with van der Waals surface area (Å²) < 4.78 is 6.70. The molecular weight excluding hydrogens is 403 g/mol. The second-order valence-electron chi connectivity index (χ2n) is 5.12. The van der Waals surface area contributed by atoms with Crippen LogP contribution in [0.25, 0.3) is 0 Å². The van der Waals surface area contributed by atoms with Gasteiger partial charge in [-0.3, -0.25) is 4.79 Å². The van der Waals surface area contributed by atoms with E-state index in [1.807, 2.05) is 36.2 Å². The van der Waals surface area contributed by atoms with Crippen molar-refractivity contribution in [2.24, 2.45) is 5.92 Å². The number of piperidine rings is 1. The molecule has 0 aromatic heterocycles. The maximum absolute atomic E-state index is 12.1. The first-order valence-electron chi connectivity index (χ1n) is 7.00. The molecule has 4 nitrogen and oxygen atoms in total. The van der Waals surface area contributed by atoms with E-state index in [0.717, 1.165) is 41.8 Å². The van der Waals surface area contributed by atoms with Crippen LogP contribution in [0.15, 0.2) is 24.3 Å². The minimum Gasteiger partial charge on any atom is -0.484 e. The van der Waals surface area contributed by atoms with E-state index >= 15 is 0 Å². The van der Waals surface area contributed by atoms with E-state index in [4.69, 9.17) is 4.74 Å². The Morgan fingerprint density at radius 2 is 1.95 bits per heavy atom. The first-order valence-corrected chi connectivity index (χ1v) is 8.07. The van der Waals surface area contributed by atoms with Crippen molar-refractivity contribution in [2.75, 3.05) is 33.3 Å². The molecule has 0 spiro atoms. The van der Waals surface area contributed by atoms with Crippen LogP contribution in [-0.2, 0) is 4.79 Å². The number of carbonyl (C=O) groups is 1. The molecule has 6 heteroatoms. The maximum atomic E-state index is 12.1. The number of likely N-dealkylation sites (tertiary alicyclic amines) is 1. The lowest BCUT2D eigenvalue weighted by Crippen LogP contribution is -2.42. The molecule has 1 aliphatic rings. The molecule has 0 aliphatic carbocycles. The Labute approximate surface area is 146 Å². The average molecular weight is 425 g/mol. The van der Waals surface area contributed by atoms with Gasteiger partial charge in [0.25, 0.3) is 5.91 Å². The number of hydrogen-bond acceptors (Lipinski definition) is 3. The monoisotopic (exact) mass is 424 g/mol. The normalized spacial score (nSPS) is 15.4. The van der Waals surface area contributed by atoms with Crippen molar-refractivity contribution in [3.63, 3.8) is 0 Å². The van der Waals surface area contributed by atoms with E-state index in [-0.39, 0.29) is 24.9 Å². The highest BCUT2D eigenvalue weighted by atomic mass is 127. The molecule has 0 bridgehead atoms. The first kappa shape index (κ1) is 18.5. The lowest BCUT2D eigenvalue weighted by molar-refractivity contribution is -0.134. The molecule has 118 valence electrons. The molecule has 0 atom stereocenters. The van der Waals surface area contributed by atoms with Gasteiger partial charge in [-0.1, -0.05) is 0 Å². The molecule has 0 unspecified atom stereocenters. The van der Waals surface area contributed by atoms with Crippen molar-refractivity contribution in [1.82, 2.24) is 10.2 Å². The topological polar surface area (TPSA) is 41.6 Å². The number of nitrogens with zero attached hydrogens (tertiary/aromatic N) is 1. The number of hydrogen-bond donors (Lipinski definition) is 1. The minimum absolute atomic E-state index is 0. The van der Waals surface area contributed by atoms with Crippen LogP contribution in [0.4, 0.5) is 0 Å². The van der Waals surface area contributed by atoms with E-state index in [9.17, 15) is 4.79 Å². The minimum atomic E-state index is 0. The van der Waals surface area contributed by atoms with Crippen LogP contribution in [0.3, 0.4) is 0 Å². The number of ether oxygens (including phenoxy) is 1. The molecule has 1 aromatic rings. The molecule has 21 heavy (non-hydrogen) atoms. The van der Waals surface area contributed by atoms with Gasteiger partial charge < -0.3 is 15.0 Å². The van der Waals surface area contributed by atoms with Crippen LogP contribution >= 0.6 is 35.0 Å². The number of halogens is 2. The molecule has 1 amide bonds. The highest BCUT2D eigenvalue weighted by Gasteiger charge is 2.22. The van der Waals surface area contributed by atoms with Gasteiger partial charge in [-0.2, -0.15) is 0 Å². The average Bonchev–Trinajstić information content (AvgIpc) is 2.47. The summed E-state index contributed by atoms with van der Waals surface area (Å²) in [6, 6.07) is 7.75. The summed E-state index contributed by atoms with van der Waals surface area (Å²) in [5.41, 5.74) is 0. The first-order chi connectivity index (χ1) is 9.69. The molecule has 1 heterocycles. The Morgan fingerprint density at radius 1 is 1.33 bits per heavy atom. The summed E-state index contributed by atoms with van der Waals surface area (Å²) in [5, 5.41) is 3.20. The fourth-order valence-electron chi connectivity index (χ4n) is 2.44. The van der Waals surface area contributed by atoms with Crippen molar-refractivity contribution in [2.45, 2.75) is 12.8 Å². The molecule has 0 radical (unpaired) electrons. The van der Waals surface area contributed by atoms with Crippen molar-refractivity contribution < 1.29 is 9.53 Å². The smallest absolute Gasteiger partial charge is 0.260 e. The van der Waals surface area contributed by atoms with Crippen molar-refractivity contribution >= 4 is 40.9 Å². The maximum Gasteiger partial charge on any atom is 0.260 e. The van der Waals surface area contributed by atoms with Crippen LogP contribution < -0.4 is 10.1 Å². The number of carbonyl (C=O) groups excluding carboxylic acids is 1.